The van der Waals surface area contributed by atoms with Gasteiger partial charge in [0.15, 0.2) is 12.6 Å². The third-order valence-corrected chi connectivity index (χ3v) is 15.0. The number of ether oxygens (including phenoxy) is 7. The number of esters is 1. The Labute approximate surface area is 372 Å². The lowest BCUT2D eigenvalue weighted by atomic mass is 9.74. The van der Waals surface area contributed by atoms with Gasteiger partial charge < -0.3 is 63.8 Å². The number of aliphatic hydroxyl groups is 4. The molecule has 0 spiro atoms. The first-order chi connectivity index (χ1) is 29.1. The van der Waals surface area contributed by atoms with Crippen LogP contribution in [0, 0.1) is 17.8 Å². The summed E-state index contributed by atoms with van der Waals surface area (Å²) in [6.07, 6.45) is -16.4. The fourth-order valence-corrected chi connectivity index (χ4v) is 10.8. The van der Waals surface area contributed by atoms with Crippen LogP contribution in [0.1, 0.15) is 94.9 Å². The van der Waals surface area contributed by atoms with Crippen LogP contribution in [0.25, 0.3) is 0 Å². The van der Waals surface area contributed by atoms with Gasteiger partial charge in [-0.05, 0) is 94.3 Å². The molecule has 0 amide bonds. The number of alkyl halides is 3. The Morgan fingerprint density at radius 2 is 1.56 bits per heavy atom. The lowest BCUT2D eigenvalue weighted by molar-refractivity contribution is -0.339. The lowest BCUT2D eigenvalue weighted by Crippen LogP contribution is -2.71. The highest BCUT2D eigenvalue weighted by Crippen LogP contribution is 2.45. The van der Waals surface area contributed by atoms with Crippen molar-refractivity contribution in [3.63, 3.8) is 0 Å². The molecule has 5 N–H and O–H groups in total. The van der Waals surface area contributed by atoms with Gasteiger partial charge in [0, 0.05) is 64.3 Å². The molecule has 0 aliphatic carbocycles. The fourth-order valence-electron chi connectivity index (χ4n) is 10.8. The third kappa shape index (κ3) is 11.2. The monoisotopic (exact) mass is 913 g/mol. The van der Waals surface area contributed by atoms with Crippen molar-refractivity contribution >= 4 is 5.97 Å². The van der Waals surface area contributed by atoms with Crippen LogP contribution in [-0.2, 0) is 38.0 Å². The summed E-state index contributed by atoms with van der Waals surface area (Å²) in [5, 5.41) is 51.6. The molecule has 0 aromatic heterocycles. The zero-order valence-electron chi connectivity index (χ0n) is 39.8. The minimum Gasteiger partial charge on any atom is -0.459 e. The van der Waals surface area contributed by atoms with E-state index in [0.29, 0.717) is 0 Å². The lowest BCUT2D eigenvalue weighted by Gasteiger charge is -2.55. The topological polar surface area (TPSA) is 184 Å². The van der Waals surface area contributed by atoms with E-state index in [1.165, 1.54) is 21.1 Å². The number of hydrogen-bond acceptors (Lipinski definition) is 16. The molecule has 5 saturated heterocycles. The molecule has 5 heterocycles. The Balaban J connectivity index is 1.56. The van der Waals surface area contributed by atoms with Crippen LogP contribution in [0.3, 0.4) is 0 Å². The number of aliphatic hydroxyl groups excluding tert-OH is 1. The van der Waals surface area contributed by atoms with Crippen molar-refractivity contribution in [2.75, 3.05) is 60.5 Å². The standard InChI is InChI=1S/C44H79F3N4O12/c1-14-31-42(10,55)35(52)28(6)48-22-24(2)20-40(8,54)36(63-38-34-30(19-25(3)58-38)50(12)39(62-34)44(45,46)47)26(4)33(27(5)37(53)60-31)61-32-21-41(9,57-13)43(56,29(7)59-32)23-51-17-15-49(11)16-18-51/h24-36,38-39,48,52,54-56H,14-23H2,1-13H3/t24-,25-,26+,27-,28-,29+,30+,31-,32+,33+,34-,35-,36-,38+,39?,40-,41-,42-,43+/m1/s1. The van der Waals surface area contributed by atoms with Gasteiger partial charge in [-0.25, -0.2) is 0 Å². The number of fused-ring (bicyclic) bond motifs is 1. The minimum atomic E-state index is -4.70. The average molecular weight is 913 g/mol. The van der Waals surface area contributed by atoms with Crippen molar-refractivity contribution in [1.82, 2.24) is 20.0 Å². The van der Waals surface area contributed by atoms with Crippen LogP contribution in [0.5, 0.6) is 0 Å². The minimum absolute atomic E-state index is 0.0239. The van der Waals surface area contributed by atoms with E-state index in [-0.39, 0.29) is 44.7 Å². The maximum atomic E-state index is 14.5. The van der Waals surface area contributed by atoms with Gasteiger partial charge in [-0.2, -0.15) is 13.2 Å². The van der Waals surface area contributed by atoms with Crippen molar-refractivity contribution in [2.24, 2.45) is 17.8 Å². The van der Waals surface area contributed by atoms with Crippen molar-refractivity contribution in [3.05, 3.63) is 0 Å². The van der Waals surface area contributed by atoms with E-state index < -0.39 is 120 Å². The molecule has 5 aliphatic rings. The van der Waals surface area contributed by atoms with E-state index >= 15 is 0 Å². The molecule has 63 heavy (non-hydrogen) atoms. The van der Waals surface area contributed by atoms with Crippen LogP contribution in [-0.4, -0.2) is 204 Å². The number of β-amino-alcohol motifs (C(OH)–C–C–N with tert-alkyl or cyclic N) is 1. The summed E-state index contributed by atoms with van der Waals surface area (Å²) in [6, 6.07) is -1.40. The Hall–Kier alpha value is -1.30. The number of carbonyl (C=O) groups is 1. The molecule has 19 atom stereocenters. The molecule has 5 fully saturated rings. The number of halogens is 3. The molecular formula is C44H79F3N4O12. The van der Waals surface area contributed by atoms with Crippen molar-refractivity contribution < 1.29 is 71.5 Å². The zero-order valence-corrected chi connectivity index (χ0v) is 39.8. The highest BCUT2D eigenvalue weighted by Gasteiger charge is 2.61. The van der Waals surface area contributed by atoms with E-state index in [2.05, 4.69) is 22.2 Å². The maximum absolute atomic E-state index is 14.5. The first kappa shape index (κ1) is 52.7. The Morgan fingerprint density at radius 1 is 0.921 bits per heavy atom. The predicted octanol–water partition coefficient (Wildman–Crippen LogP) is 2.47. The molecule has 0 saturated carbocycles. The van der Waals surface area contributed by atoms with Gasteiger partial charge in [-0.3, -0.25) is 14.6 Å². The smallest absolute Gasteiger partial charge is 0.428 e. The van der Waals surface area contributed by atoms with Crippen molar-refractivity contribution in [3.8, 4) is 0 Å². The summed E-state index contributed by atoms with van der Waals surface area (Å²) in [7, 11) is 4.93. The number of rotatable bonds is 8. The van der Waals surface area contributed by atoms with Gasteiger partial charge in [0.2, 0.25) is 6.23 Å². The average Bonchev–Trinajstić information content (AvgIpc) is 3.54. The number of likely N-dealkylation sites (N-methyl/N-ethyl adjacent to an activating group) is 2. The maximum Gasteiger partial charge on any atom is 0.428 e. The zero-order chi connectivity index (χ0) is 47.2. The quantitative estimate of drug-likeness (QED) is 0.224. The summed E-state index contributed by atoms with van der Waals surface area (Å²) in [5.41, 5.74) is -6.33. The second-order valence-corrected chi connectivity index (χ2v) is 20.3. The Bertz CT molecular complexity index is 1510. The molecule has 16 nitrogen and oxygen atoms in total. The van der Waals surface area contributed by atoms with Crippen LogP contribution >= 0.6 is 0 Å². The van der Waals surface area contributed by atoms with E-state index in [1.807, 2.05) is 6.92 Å². The van der Waals surface area contributed by atoms with Crippen LogP contribution in [0.15, 0.2) is 0 Å². The number of cyclic esters (lactones) is 1. The number of nitrogens with one attached hydrogen (secondary N) is 1. The fraction of sp³-hybridized carbons (Fsp3) is 0.977. The number of hydrogen-bond donors (Lipinski definition) is 5. The summed E-state index contributed by atoms with van der Waals surface area (Å²) in [6.45, 7) is 20.6. The molecule has 0 aromatic carbocycles. The summed E-state index contributed by atoms with van der Waals surface area (Å²) in [4.78, 5) is 20.0. The van der Waals surface area contributed by atoms with Gasteiger partial charge in [-0.15, -0.1) is 0 Å². The van der Waals surface area contributed by atoms with Gasteiger partial charge in [0.1, 0.15) is 35.1 Å². The second kappa shape index (κ2) is 20.1. The molecule has 0 radical (unpaired) electrons. The molecule has 1 unspecified atom stereocenters. The molecule has 0 bridgehead atoms. The van der Waals surface area contributed by atoms with E-state index in [1.54, 1.807) is 55.4 Å². The second-order valence-electron chi connectivity index (χ2n) is 20.3. The SMILES string of the molecule is CC[C@H]1OC(=O)[C@H](C)[C@@H](O[C@H]2C[C@@](C)(OC)[C@](O)(CN3CCN(C)CC3)[C@H](C)O2)[C@H](C)[C@@H](O[C@@H]2O[C@H](C)C[C@H]3[C@H]2OC(C(F)(F)F)N3C)[C@](C)(O)C[C@@H](C)CN[C@H](C)[C@@H](O)[C@]1(C)O. The Kier molecular flexibility index (Phi) is 16.8. The van der Waals surface area contributed by atoms with Gasteiger partial charge in [-0.1, -0.05) is 20.8 Å². The van der Waals surface area contributed by atoms with Gasteiger partial charge >= 0.3 is 12.1 Å². The number of nitrogens with zero attached hydrogens (tertiary/aromatic N) is 3. The number of carbonyl (C=O) groups excluding carboxylic acids is 1. The molecular weight excluding hydrogens is 833 g/mol. The molecule has 5 aliphatic heterocycles. The summed E-state index contributed by atoms with van der Waals surface area (Å²) < 4.78 is 87.1. The Morgan fingerprint density at radius 3 is 2.14 bits per heavy atom. The van der Waals surface area contributed by atoms with E-state index in [4.69, 9.17) is 33.2 Å². The summed E-state index contributed by atoms with van der Waals surface area (Å²) >= 11 is 0. The summed E-state index contributed by atoms with van der Waals surface area (Å²) in [5.74, 6) is -3.16. The highest BCUT2D eigenvalue weighted by atomic mass is 19.4. The van der Waals surface area contributed by atoms with E-state index in [0.717, 1.165) is 31.1 Å². The van der Waals surface area contributed by atoms with Crippen LogP contribution in [0.4, 0.5) is 13.2 Å². The predicted molar refractivity (Wildman–Crippen MR) is 225 cm³/mol. The van der Waals surface area contributed by atoms with Crippen molar-refractivity contribution in [2.45, 2.75) is 197 Å². The van der Waals surface area contributed by atoms with Crippen LogP contribution in [0.2, 0.25) is 0 Å². The largest absolute Gasteiger partial charge is 0.459 e. The molecule has 0 aromatic rings. The van der Waals surface area contributed by atoms with Crippen LogP contribution < -0.4 is 5.32 Å². The van der Waals surface area contributed by atoms with E-state index in [9.17, 15) is 38.4 Å². The van der Waals surface area contributed by atoms with Gasteiger partial charge in [0.25, 0.3) is 0 Å². The first-order valence-corrected chi connectivity index (χ1v) is 22.9. The number of methoxy groups -OCH3 is 1. The number of piperazine rings is 1. The normalized spacial score (nSPS) is 48.6. The molecule has 368 valence electrons. The third-order valence-electron chi connectivity index (χ3n) is 15.0. The molecule has 5 rings (SSSR count). The highest BCUT2D eigenvalue weighted by molar-refractivity contribution is 5.73. The molecule has 19 heteroatoms. The van der Waals surface area contributed by atoms with Crippen molar-refractivity contribution in [1.29, 1.82) is 0 Å². The first-order valence-electron chi connectivity index (χ1n) is 22.9. The van der Waals surface area contributed by atoms with Gasteiger partial charge in [0.05, 0.1) is 35.9 Å².